The van der Waals surface area contributed by atoms with Crippen molar-refractivity contribution in [2.45, 2.75) is 13.0 Å². The standard InChI is InChI=1S/C14H11BrFNO4/c1-8(18)11-6-9(16)2-5-13(11)21-14-7-10(17(19)20)3-4-12(14)15/h2-8,18H,1H3. The van der Waals surface area contributed by atoms with Gasteiger partial charge in [0.25, 0.3) is 5.69 Å². The van der Waals surface area contributed by atoms with Crippen LogP contribution in [0.2, 0.25) is 0 Å². The van der Waals surface area contributed by atoms with Gasteiger partial charge in [-0.05, 0) is 47.1 Å². The summed E-state index contributed by atoms with van der Waals surface area (Å²) in [6.07, 6.45) is -0.937. The fourth-order valence-corrected chi connectivity index (χ4v) is 2.07. The van der Waals surface area contributed by atoms with E-state index in [0.717, 1.165) is 6.07 Å². The second kappa shape index (κ2) is 6.19. The fourth-order valence-electron chi connectivity index (χ4n) is 1.74. The highest BCUT2D eigenvalue weighted by Crippen LogP contribution is 2.36. The van der Waals surface area contributed by atoms with Crippen molar-refractivity contribution in [1.29, 1.82) is 0 Å². The van der Waals surface area contributed by atoms with Gasteiger partial charge in [0.1, 0.15) is 17.3 Å². The highest BCUT2D eigenvalue weighted by molar-refractivity contribution is 9.10. The molecule has 1 N–H and O–H groups in total. The average Bonchev–Trinajstić information content (AvgIpc) is 2.42. The normalized spacial score (nSPS) is 12.0. The summed E-state index contributed by atoms with van der Waals surface area (Å²) >= 11 is 3.23. The molecule has 5 nitrogen and oxygen atoms in total. The van der Waals surface area contributed by atoms with E-state index >= 15 is 0 Å². The maximum Gasteiger partial charge on any atom is 0.273 e. The molecule has 2 aromatic rings. The average molecular weight is 356 g/mol. The molecule has 21 heavy (non-hydrogen) atoms. The molecule has 2 aromatic carbocycles. The molecule has 0 aliphatic rings. The molecule has 2 rings (SSSR count). The number of benzene rings is 2. The maximum absolute atomic E-state index is 13.2. The summed E-state index contributed by atoms with van der Waals surface area (Å²) in [7, 11) is 0. The molecule has 0 aliphatic heterocycles. The highest BCUT2D eigenvalue weighted by atomic mass is 79.9. The molecule has 0 saturated carbocycles. The quantitative estimate of drug-likeness (QED) is 0.653. The van der Waals surface area contributed by atoms with E-state index in [9.17, 15) is 19.6 Å². The van der Waals surface area contributed by atoms with Crippen LogP contribution in [0.4, 0.5) is 10.1 Å². The van der Waals surface area contributed by atoms with Crippen molar-refractivity contribution in [3.63, 3.8) is 0 Å². The molecule has 1 unspecified atom stereocenters. The van der Waals surface area contributed by atoms with Crippen molar-refractivity contribution in [3.8, 4) is 11.5 Å². The van der Waals surface area contributed by atoms with E-state index in [1.807, 2.05) is 0 Å². The molecule has 7 heteroatoms. The molecular weight excluding hydrogens is 345 g/mol. The number of rotatable bonds is 4. The summed E-state index contributed by atoms with van der Waals surface area (Å²) in [5.41, 5.74) is 0.127. The topological polar surface area (TPSA) is 72.6 Å². The van der Waals surface area contributed by atoms with Gasteiger partial charge >= 0.3 is 0 Å². The SMILES string of the molecule is CC(O)c1cc(F)ccc1Oc1cc([N+](=O)[O-])ccc1Br. The van der Waals surface area contributed by atoms with Crippen LogP contribution in [0.25, 0.3) is 0 Å². The second-order valence-electron chi connectivity index (χ2n) is 4.33. The van der Waals surface area contributed by atoms with E-state index in [1.165, 1.54) is 37.3 Å². The van der Waals surface area contributed by atoms with Crippen LogP contribution < -0.4 is 4.74 Å². The molecule has 0 aromatic heterocycles. The van der Waals surface area contributed by atoms with Gasteiger partial charge in [0.15, 0.2) is 0 Å². The number of ether oxygens (including phenoxy) is 1. The number of aliphatic hydroxyl groups excluding tert-OH is 1. The Morgan fingerprint density at radius 3 is 2.62 bits per heavy atom. The lowest BCUT2D eigenvalue weighted by Crippen LogP contribution is -1.98. The van der Waals surface area contributed by atoms with Crippen molar-refractivity contribution >= 4 is 21.6 Å². The van der Waals surface area contributed by atoms with Crippen LogP contribution in [0.15, 0.2) is 40.9 Å². The van der Waals surface area contributed by atoms with Crippen molar-refractivity contribution < 1.29 is 19.2 Å². The van der Waals surface area contributed by atoms with Gasteiger partial charge in [0.05, 0.1) is 21.6 Å². The highest BCUT2D eigenvalue weighted by Gasteiger charge is 2.15. The Balaban J connectivity index is 2.43. The molecule has 0 radical (unpaired) electrons. The first-order valence-electron chi connectivity index (χ1n) is 5.98. The maximum atomic E-state index is 13.2. The lowest BCUT2D eigenvalue weighted by atomic mass is 10.1. The largest absolute Gasteiger partial charge is 0.456 e. The molecule has 0 spiro atoms. The van der Waals surface area contributed by atoms with Gasteiger partial charge in [0.2, 0.25) is 0 Å². The number of nitrogens with zero attached hydrogens (tertiary/aromatic N) is 1. The van der Waals surface area contributed by atoms with Gasteiger partial charge in [-0.2, -0.15) is 0 Å². The van der Waals surface area contributed by atoms with E-state index in [-0.39, 0.29) is 22.7 Å². The lowest BCUT2D eigenvalue weighted by molar-refractivity contribution is -0.384. The Morgan fingerprint density at radius 1 is 1.29 bits per heavy atom. The zero-order valence-corrected chi connectivity index (χ0v) is 12.5. The second-order valence-corrected chi connectivity index (χ2v) is 5.19. The van der Waals surface area contributed by atoms with E-state index in [4.69, 9.17) is 4.74 Å². The number of hydrogen-bond acceptors (Lipinski definition) is 4. The van der Waals surface area contributed by atoms with Crippen LogP contribution in [-0.2, 0) is 0 Å². The molecule has 0 amide bonds. The molecule has 0 aliphatic carbocycles. The molecule has 0 heterocycles. The Bertz CT molecular complexity index is 691. The predicted octanol–water partition coefficient (Wildman–Crippen LogP) is 4.34. The van der Waals surface area contributed by atoms with Crippen LogP contribution in [0.5, 0.6) is 11.5 Å². The molecule has 0 fully saturated rings. The number of halogens is 2. The Labute approximate surface area is 128 Å². The summed E-state index contributed by atoms with van der Waals surface area (Å²) in [4.78, 5) is 10.2. The number of aliphatic hydroxyl groups is 1. The number of nitro benzene ring substituents is 1. The van der Waals surface area contributed by atoms with Crippen molar-refractivity contribution in [3.05, 3.63) is 62.4 Å². The monoisotopic (exact) mass is 355 g/mol. The molecular formula is C14H11BrFNO4. The minimum atomic E-state index is -0.937. The minimum absolute atomic E-state index is 0.131. The smallest absolute Gasteiger partial charge is 0.273 e. The summed E-state index contributed by atoms with van der Waals surface area (Å²) in [5, 5.41) is 20.4. The van der Waals surface area contributed by atoms with Gasteiger partial charge in [-0.1, -0.05) is 0 Å². The Hall–Kier alpha value is -1.99. The summed E-state index contributed by atoms with van der Waals surface area (Å²) < 4.78 is 19.3. The van der Waals surface area contributed by atoms with E-state index < -0.39 is 16.8 Å². The fraction of sp³-hybridized carbons (Fsp3) is 0.143. The van der Waals surface area contributed by atoms with E-state index in [0.29, 0.717) is 4.47 Å². The van der Waals surface area contributed by atoms with Crippen molar-refractivity contribution in [2.75, 3.05) is 0 Å². The van der Waals surface area contributed by atoms with Gasteiger partial charge in [-0.25, -0.2) is 4.39 Å². The van der Waals surface area contributed by atoms with Crippen LogP contribution in [0, 0.1) is 15.9 Å². The van der Waals surface area contributed by atoms with E-state index in [2.05, 4.69) is 15.9 Å². The number of hydrogen-bond donors (Lipinski definition) is 1. The summed E-state index contributed by atoms with van der Waals surface area (Å²) in [6.45, 7) is 1.48. The zero-order chi connectivity index (χ0) is 15.6. The van der Waals surface area contributed by atoms with Gasteiger partial charge in [0, 0.05) is 11.6 Å². The van der Waals surface area contributed by atoms with Crippen molar-refractivity contribution in [1.82, 2.24) is 0 Å². The number of non-ortho nitro benzene ring substituents is 1. The molecule has 110 valence electrons. The molecule has 0 bridgehead atoms. The Morgan fingerprint density at radius 2 is 2.00 bits per heavy atom. The first-order chi connectivity index (χ1) is 9.88. The first-order valence-corrected chi connectivity index (χ1v) is 6.77. The van der Waals surface area contributed by atoms with Crippen LogP contribution >= 0.6 is 15.9 Å². The van der Waals surface area contributed by atoms with Crippen LogP contribution in [-0.4, -0.2) is 10.0 Å². The third kappa shape index (κ3) is 3.56. The van der Waals surface area contributed by atoms with Crippen LogP contribution in [0.3, 0.4) is 0 Å². The molecule has 1 atom stereocenters. The Kier molecular flexibility index (Phi) is 4.54. The minimum Gasteiger partial charge on any atom is -0.456 e. The third-order valence-corrected chi connectivity index (χ3v) is 3.42. The van der Waals surface area contributed by atoms with Crippen LogP contribution in [0.1, 0.15) is 18.6 Å². The van der Waals surface area contributed by atoms with Gasteiger partial charge < -0.3 is 9.84 Å². The van der Waals surface area contributed by atoms with E-state index in [1.54, 1.807) is 0 Å². The molecule has 0 saturated heterocycles. The van der Waals surface area contributed by atoms with Gasteiger partial charge in [-0.15, -0.1) is 0 Å². The zero-order valence-electron chi connectivity index (χ0n) is 10.9. The number of nitro groups is 1. The summed E-state index contributed by atoms with van der Waals surface area (Å²) in [5.74, 6) is -0.0679. The lowest BCUT2D eigenvalue weighted by Gasteiger charge is -2.14. The first kappa shape index (κ1) is 15.4. The van der Waals surface area contributed by atoms with Gasteiger partial charge in [-0.3, -0.25) is 10.1 Å². The summed E-state index contributed by atoms with van der Waals surface area (Å²) in [6, 6.07) is 7.77. The predicted molar refractivity (Wildman–Crippen MR) is 77.9 cm³/mol. The van der Waals surface area contributed by atoms with Crippen molar-refractivity contribution in [2.24, 2.45) is 0 Å². The third-order valence-electron chi connectivity index (χ3n) is 2.77.